The minimum Gasteiger partial charge on any atom is -0.310 e. The summed E-state index contributed by atoms with van der Waals surface area (Å²) < 4.78 is 0. The van der Waals surface area contributed by atoms with Gasteiger partial charge in [0.15, 0.2) is 0 Å². The molecule has 0 saturated carbocycles. The van der Waals surface area contributed by atoms with Crippen LogP contribution in [0.4, 0.5) is 68.2 Å². The summed E-state index contributed by atoms with van der Waals surface area (Å²) in [5, 5.41) is 21.5. The quantitative estimate of drug-likeness (QED) is 0.0557. The van der Waals surface area contributed by atoms with E-state index in [1.54, 1.807) is 0 Å². The first-order valence-electron chi connectivity index (χ1n) is 46.0. The van der Waals surface area contributed by atoms with Crippen LogP contribution in [0.3, 0.4) is 0 Å². The van der Waals surface area contributed by atoms with Crippen molar-refractivity contribution >= 4 is 188 Å². The molecule has 0 saturated heterocycles. The fourth-order valence-corrected chi connectivity index (χ4v) is 20.0. The zero-order chi connectivity index (χ0) is 88.8. The predicted molar refractivity (Wildman–Crippen MR) is 573 cm³/mol. The number of benzene rings is 24. The molecule has 0 heterocycles. The van der Waals surface area contributed by atoms with Gasteiger partial charge in [0.1, 0.15) is 0 Å². The molecule has 24 rings (SSSR count). The standard InChI is InChI=1S/C130H88N4/c1-2-36-111(37-3-1)131(116-73-54-91-22-4-11-29-104(91)82-116)112-65-42-89(43-66-112)80-127(100-61-69-114(70-62-100)133(119-76-57-94-25-7-14-32-107(94)85-119)120-77-58-95-26-8-15-33-108(95)86-120)98-46-50-102(51-47-98)129-123-38-18-20-40-125(123)130(126-41-21-19-39-124(126)129)103-52-48-99(49-53-103)128(101-63-71-115(72-64-101)134(121-78-59-96-27-9-16-34-109(96)87-121)122-79-60-97-28-10-17-35-110(97)88-122)81-90-44-67-113(68-45-90)132(117-74-55-92-23-5-12-30-105(92)83-117)118-75-56-93-24-6-13-31-106(93)84-118/h1-88H/b127-80-,128-81-. The van der Waals surface area contributed by atoms with Crippen molar-refractivity contribution in [3.05, 3.63) is 555 Å². The molecule has 0 amide bonds. The molecule has 0 bridgehead atoms. The van der Waals surface area contributed by atoms with Gasteiger partial charge in [0.2, 0.25) is 0 Å². The predicted octanol–water partition coefficient (Wildman–Crippen LogP) is 36.5. The van der Waals surface area contributed by atoms with Crippen molar-refractivity contribution in [1.29, 1.82) is 0 Å². The third-order valence-electron chi connectivity index (χ3n) is 26.7. The normalized spacial score (nSPS) is 11.8. The van der Waals surface area contributed by atoms with E-state index in [1.165, 1.54) is 108 Å². The Hall–Kier alpha value is -17.7. The molecular formula is C130H88N4. The first-order valence-corrected chi connectivity index (χ1v) is 46.0. The molecule has 24 aromatic carbocycles. The van der Waals surface area contributed by atoms with Crippen LogP contribution in [-0.2, 0) is 0 Å². The van der Waals surface area contributed by atoms with Crippen molar-refractivity contribution in [2.45, 2.75) is 0 Å². The van der Waals surface area contributed by atoms with Crippen LogP contribution in [0.5, 0.6) is 0 Å². The van der Waals surface area contributed by atoms with Gasteiger partial charge >= 0.3 is 0 Å². The Kier molecular flexibility index (Phi) is 20.6. The Balaban J connectivity index is 0.608. The Labute approximate surface area is 779 Å². The van der Waals surface area contributed by atoms with Crippen molar-refractivity contribution in [2.24, 2.45) is 0 Å². The molecule has 134 heavy (non-hydrogen) atoms. The van der Waals surface area contributed by atoms with Crippen LogP contribution in [0.1, 0.15) is 33.4 Å². The molecule has 0 aromatic heterocycles. The van der Waals surface area contributed by atoms with Crippen LogP contribution in [0, 0.1) is 0 Å². The summed E-state index contributed by atoms with van der Waals surface area (Å²) in [6, 6.07) is 192. The van der Waals surface area contributed by atoms with Crippen molar-refractivity contribution in [3.63, 3.8) is 0 Å². The highest BCUT2D eigenvalue weighted by molar-refractivity contribution is 6.22. The molecule has 0 N–H and O–H groups in total. The van der Waals surface area contributed by atoms with Crippen molar-refractivity contribution < 1.29 is 0 Å². The van der Waals surface area contributed by atoms with Gasteiger partial charge in [-0.2, -0.15) is 0 Å². The van der Waals surface area contributed by atoms with E-state index in [0.29, 0.717) is 0 Å². The summed E-state index contributed by atoms with van der Waals surface area (Å²) >= 11 is 0. The molecule has 4 heteroatoms. The molecule has 0 spiro atoms. The molecule has 4 nitrogen and oxygen atoms in total. The van der Waals surface area contributed by atoms with E-state index < -0.39 is 0 Å². The average Bonchev–Trinajstić information content (AvgIpc) is 0.732. The molecular weight excluding hydrogens is 1620 g/mol. The number of nitrogens with zero attached hydrogens (tertiary/aromatic N) is 4. The van der Waals surface area contributed by atoms with E-state index in [-0.39, 0.29) is 0 Å². The number of para-hydroxylation sites is 1. The fraction of sp³-hybridized carbons (Fsp3) is 0. The zero-order valence-corrected chi connectivity index (χ0v) is 73.6. The molecule has 24 aromatic rings. The topological polar surface area (TPSA) is 13.0 Å². The van der Waals surface area contributed by atoms with Gasteiger partial charge in [-0.25, -0.2) is 0 Å². The van der Waals surface area contributed by atoms with Crippen LogP contribution in [0.15, 0.2) is 522 Å². The Morgan fingerprint density at radius 2 is 0.306 bits per heavy atom. The second kappa shape index (κ2) is 34.7. The molecule has 0 aliphatic rings. The minimum absolute atomic E-state index is 1.06. The van der Waals surface area contributed by atoms with Crippen LogP contribution < -0.4 is 19.6 Å². The van der Waals surface area contributed by atoms with E-state index in [2.05, 4.69) is 553 Å². The number of hydrogen-bond donors (Lipinski definition) is 0. The van der Waals surface area contributed by atoms with Gasteiger partial charge in [-0.3, -0.25) is 0 Å². The summed E-state index contributed by atoms with van der Waals surface area (Å²) in [7, 11) is 0. The Morgan fingerprint density at radius 1 is 0.134 bits per heavy atom. The van der Waals surface area contributed by atoms with E-state index in [4.69, 9.17) is 0 Å². The summed E-state index contributed by atoms with van der Waals surface area (Å²) in [5.74, 6) is 0. The summed E-state index contributed by atoms with van der Waals surface area (Å²) in [6.07, 6.45) is 4.73. The Bertz CT molecular complexity index is 8330. The molecule has 0 fully saturated rings. The smallest absolute Gasteiger partial charge is 0.0468 e. The molecule has 0 aliphatic carbocycles. The molecule has 0 aliphatic heterocycles. The van der Waals surface area contributed by atoms with Crippen LogP contribution >= 0.6 is 0 Å². The second-order valence-electron chi connectivity index (χ2n) is 34.8. The number of fused-ring (bicyclic) bond motifs is 9. The average molecular weight is 1710 g/mol. The SMILES string of the molecule is C(=C(\c1ccc(-c2c3ccccc3c(-c3ccc(/C(=C/c4ccc(N(c5ccc6ccccc6c5)c5ccc6ccccc6c5)cc4)c4ccc(N(c5ccc6ccccc6c5)c5ccc6ccccc6c5)cc4)cc3)c3ccccc23)cc1)c1ccc(N(c2ccc3ccccc3c2)c2ccc3ccccc3c2)cc1)/c1ccc(N(c2ccccc2)c2ccc3ccccc3c2)cc1. The lowest BCUT2D eigenvalue weighted by molar-refractivity contribution is 1.29. The highest BCUT2D eigenvalue weighted by atomic mass is 15.2. The monoisotopic (exact) mass is 1700 g/mol. The van der Waals surface area contributed by atoms with E-state index >= 15 is 0 Å². The zero-order valence-electron chi connectivity index (χ0n) is 73.6. The lowest BCUT2D eigenvalue weighted by Gasteiger charge is -2.27. The van der Waals surface area contributed by atoms with Gasteiger partial charge in [0.25, 0.3) is 0 Å². The third kappa shape index (κ3) is 15.4. The Morgan fingerprint density at radius 3 is 0.537 bits per heavy atom. The maximum absolute atomic E-state index is 2.39. The molecule has 0 unspecified atom stereocenters. The fourth-order valence-electron chi connectivity index (χ4n) is 20.0. The lowest BCUT2D eigenvalue weighted by Crippen LogP contribution is -2.10. The molecule has 0 atom stereocenters. The van der Waals surface area contributed by atoms with Crippen molar-refractivity contribution in [2.75, 3.05) is 19.6 Å². The number of rotatable bonds is 20. The number of anilines is 12. The van der Waals surface area contributed by atoms with Crippen LogP contribution in [0.25, 0.3) is 143 Å². The van der Waals surface area contributed by atoms with E-state index in [9.17, 15) is 0 Å². The molecule has 628 valence electrons. The summed E-state index contributed by atoms with van der Waals surface area (Å²) in [4.78, 5) is 9.52. The van der Waals surface area contributed by atoms with Crippen molar-refractivity contribution in [3.8, 4) is 22.3 Å². The van der Waals surface area contributed by atoms with Gasteiger partial charge in [0, 0.05) is 68.2 Å². The van der Waals surface area contributed by atoms with Gasteiger partial charge in [-0.1, -0.05) is 376 Å². The van der Waals surface area contributed by atoms with Crippen molar-refractivity contribution in [1.82, 2.24) is 0 Å². The second-order valence-corrected chi connectivity index (χ2v) is 34.8. The van der Waals surface area contributed by atoms with E-state index in [1.807, 2.05) is 0 Å². The third-order valence-corrected chi connectivity index (χ3v) is 26.7. The highest BCUT2D eigenvalue weighted by Gasteiger charge is 2.24. The molecule has 0 radical (unpaired) electrons. The first kappa shape index (κ1) is 79.7. The first-order chi connectivity index (χ1) is 66.4. The van der Waals surface area contributed by atoms with Gasteiger partial charge in [0.05, 0.1) is 0 Å². The number of hydrogen-bond acceptors (Lipinski definition) is 4. The maximum atomic E-state index is 2.39. The van der Waals surface area contributed by atoms with Gasteiger partial charge in [-0.15, -0.1) is 0 Å². The lowest BCUT2D eigenvalue weighted by atomic mass is 9.85. The summed E-state index contributed by atoms with van der Waals surface area (Å²) in [5.41, 5.74) is 26.4. The van der Waals surface area contributed by atoms with E-state index in [0.717, 1.165) is 124 Å². The van der Waals surface area contributed by atoms with Crippen LogP contribution in [-0.4, -0.2) is 0 Å². The van der Waals surface area contributed by atoms with Gasteiger partial charge in [-0.05, 0) is 321 Å². The summed E-state index contributed by atoms with van der Waals surface area (Å²) in [6.45, 7) is 0. The minimum atomic E-state index is 1.06. The van der Waals surface area contributed by atoms with Gasteiger partial charge < -0.3 is 19.6 Å². The highest BCUT2D eigenvalue weighted by Crippen LogP contribution is 2.49. The van der Waals surface area contributed by atoms with Crippen LogP contribution in [0.2, 0.25) is 0 Å². The maximum Gasteiger partial charge on any atom is 0.0468 e. The largest absolute Gasteiger partial charge is 0.310 e.